The number of piperidine rings is 1. The van der Waals surface area contributed by atoms with Crippen molar-refractivity contribution in [2.75, 3.05) is 40.3 Å². The van der Waals surface area contributed by atoms with Gasteiger partial charge >= 0.3 is 0 Å². The molecule has 2 unspecified atom stereocenters. The summed E-state index contributed by atoms with van der Waals surface area (Å²) in [7, 11) is 4.51. The Morgan fingerprint density at radius 2 is 2.05 bits per heavy atom. The van der Waals surface area contributed by atoms with Gasteiger partial charge in [-0.1, -0.05) is 6.42 Å². The zero-order valence-corrected chi connectivity index (χ0v) is 14.3. The van der Waals surface area contributed by atoms with E-state index in [0.717, 1.165) is 12.5 Å². The third kappa shape index (κ3) is 5.85. The maximum absolute atomic E-state index is 9.63. The Morgan fingerprint density at radius 3 is 2.67 bits per heavy atom. The summed E-state index contributed by atoms with van der Waals surface area (Å²) >= 11 is 0. The van der Waals surface area contributed by atoms with Gasteiger partial charge in [-0.25, -0.2) is 0 Å². The summed E-state index contributed by atoms with van der Waals surface area (Å²) in [6.45, 7) is 6.08. The molecule has 1 aliphatic carbocycles. The molecule has 0 amide bonds. The van der Waals surface area contributed by atoms with E-state index in [9.17, 15) is 5.11 Å². The normalized spacial score (nSPS) is 27.0. The van der Waals surface area contributed by atoms with Crippen molar-refractivity contribution in [3.05, 3.63) is 0 Å². The molecule has 2 atom stereocenters. The Bertz CT molecular complexity index is 308. The van der Waals surface area contributed by atoms with Crippen LogP contribution in [0.5, 0.6) is 0 Å². The van der Waals surface area contributed by atoms with Crippen molar-refractivity contribution in [2.24, 2.45) is 0 Å². The zero-order chi connectivity index (χ0) is 15.3. The Morgan fingerprint density at radius 1 is 1.29 bits per heavy atom. The first-order valence-corrected chi connectivity index (χ1v) is 8.80. The lowest BCUT2D eigenvalue weighted by Gasteiger charge is -2.36. The van der Waals surface area contributed by atoms with Gasteiger partial charge in [0.25, 0.3) is 0 Å². The highest BCUT2D eigenvalue weighted by atomic mass is 16.3. The molecule has 1 aliphatic heterocycles. The van der Waals surface area contributed by atoms with Gasteiger partial charge in [0.1, 0.15) is 0 Å². The second kappa shape index (κ2) is 7.91. The molecule has 4 heteroatoms. The van der Waals surface area contributed by atoms with Crippen LogP contribution in [0, 0.1) is 0 Å². The van der Waals surface area contributed by atoms with Crippen LogP contribution in [0.1, 0.15) is 51.9 Å². The molecule has 2 rings (SSSR count). The maximum Gasteiger partial charge on any atom is 0.0610 e. The average Bonchev–Trinajstić information content (AvgIpc) is 3.27. The molecule has 21 heavy (non-hydrogen) atoms. The minimum Gasteiger partial charge on any atom is -0.394 e. The molecule has 2 fully saturated rings. The lowest BCUT2D eigenvalue weighted by molar-refractivity contribution is 0.128. The standard InChI is InChI=1S/C17H35N3O/c1-17(14-21,18-15-8-9-15)10-4-5-12-20(3)16-7-6-11-19(2)13-16/h15-16,18,21H,4-14H2,1-3H3. The minimum atomic E-state index is -0.0647. The summed E-state index contributed by atoms with van der Waals surface area (Å²) in [5.41, 5.74) is -0.0647. The van der Waals surface area contributed by atoms with Crippen molar-refractivity contribution in [3.8, 4) is 0 Å². The van der Waals surface area contributed by atoms with Crippen LogP contribution in [-0.2, 0) is 0 Å². The van der Waals surface area contributed by atoms with Gasteiger partial charge < -0.3 is 20.2 Å². The van der Waals surface area contributed by atoms with E-state index < -0.39 is 0 Å². The Hall–Kier alpha value is -0.160. The number of nitrogens with zero attached hydrogens (tertiary/aromatic N) is 2. The minimum absolute atomic E-state index is 0.0647. The molecule has 0 aromatic carbocycles. The predicted molar refractivity (Wildman–Crippen MR) is 88.6 cm³/mol. The molecular weight excluding hydrogens is 262 g/mol. The van der Waals surface area contributed by atoms with E-state index in [4.69, 9.17) is 0 Å². The summed E-state index contributed by atoms with van der Waals surface area (Å²) in [6.07, 6.45) is 8.76. The van der Waals surface area contributed by atoms with E-state index >= 15 is 0 Å². The number of unbranched alkanes of at least 4 members (excludes halogenated alkanes) is 1. The van der Waals surface area contributed by atoms with Crippen LogP contribution in [0.2, 0.25) is 0 Å². The van der Waals surface area contributed by atoms with Gasteiger partial charge in [0.2, 0.25) is 0 Å². The number of hydrogen-bond acceptors (Lipinski definition) is 4. The molecule has 0 aromatic rings. The van der Waals surface area contributed by atoms with Crippen molar-refractivity contribution >= 4 is 0 Å². The van der Waals surface area contributed by atoms with Crippen molar-refractivity contribution in [3.63, 3.8) is 0 Å². The summed E-state index contributed by atoms with van der Waals surface area (Å²) in [6, 6.07) is 1.40. The number of nitrogens with one attached hydrogen (secondary N) is 1. The third-order valence-corrected chi connectivity index (χ3v) is 5.19. The van der Waals surface area contributed by atoms with Gasteiger partial charge in [0.05, 0.1) is 6.61 Å². The molecule has 1 saturated heterocycles. The fourth-order valence-corrected chi connectivity index (χ4v) is 3.48. The largest absolute Gasteiger partial charge is 0.394 e. The van der Waals surface area contributed by atoms with E-state index in [1.807, 2.05) is 0 Å². The molecule has 2 aliphatic rings. The summed E-state index contributed by atoms with van der Waals surface area (Å²) < 4.78 is 0. The second-order valence-electron chi connectivity index (χ2n) is 7.63. The van der Waals surface area contributed by atoms with Gasteiger partial charge in [-0.15, -0.1) is 0 Å². The van der Waals surface area contributed by atoms with Crippen LogP contribution >= 0.6 is 0 Å². The molecule has 0 bridgehead atoms. The van der Waals surface area contributed by atoms with Crippen LogP contribution in [0.4, 0.5) is 0 Å². The molecular formula is C17H35N3O. The molecule has 0 spiro atoms. The molecule has 4 nitrogen and oxygen atoms in total. The Kier molecular flexibility index (Phi) is 6.48. The third-order valence-electron chi connectivity index (χ3n) is 5.19. The van der Waals surface area contributed by atoms with Crippen LogP contribution in [0.15, 0.2) is 0 Å². The van der Waals surface area contributed by atoms with Crippen LogP contribution < -0.4 is 5.32 Å². The van der Waals surface area contributed by atoms with Gasteiger partial charge in [0.15, 0.2) is 0 Å². The number of rotatable bonds is 9. The highest BCUT2D eigenvalue weighted by molar-refractivity contribution is 4.92. The molecule has 0 aromatic heterocycles. The highest BCUT2D eigenvalue weighted by Crippen LogP contribution is 2.25. The lowest BCUT2D eigenvalue weighted by atomic mass is 9.95. The number of aliphatic hydroxyl groups is 1. The molecule has 0 radical (unpaired) electrons. The number of likely N-dealkylation sites (tertiary alicyclic amines) is 1. The molecule has 1 saturated carbocycles. The Labute approximate surface area is 130 Å². The highest BCUT2D eigenvalue weighted by Gasteiger charge is 2.31. The number of likely N-dealkylation sites (N-methyl/N-ethyl adjacent to an activating group) is 2. The Balaban J connectivity index is 1.61. The first kappa shape index (κ1) is 17.2. The molecule has 2 N–H and O–H groups in total. The van der Waals surface area contributed by atoms with Crippen molar-refractivity contribution in [1.29, 1.82) is 0 Å². The number of hydrogen-bond donors (Lipinski definition) is 2. The first-order chi connectivity index (χ1) is 10.0. The van der Waals surface area contributed by atoms with E-state index in [2.05, 4.69) is 36.1 Å². The second-order valence-corrected chi connectivity index (χ2v) is 7.63. The van der Waals surface area contributed by atoms with Crippen LogP contribution in [-0.4, -0.2) is 72.9 Å². The van der Waals surface area contributed by atoms with Crippen molar-refractivity contribution in [2.45, 2.75) is 69.5 Å². The van der Waals surface area contributed by atoms with Gasteiger partial charge in [0, 0.05) is 24.2 Å². The maximum atomic E-state index is 9.63. The quantitative estimate of drug-likeness (QED) is 0.635. The first-order valence-electron chi connectivity index (χ1n) is 8.80. The number of aliphatic hydroxyl groups excluding tert-OH is 1. The summed E-state index contributed by atoms with van der Waals surface area (Å²) in [5, 5.41) is 13.2. The van der Waals surface area contributed by atoms with Crippen molar-refractivity contribution < 1.29 is 5.11 Å². The van der Waals surface area contributed by atoms with Gasteiger partial charge in [-0.2, -0.15) is 0 Å². The van der Waals surface area contributed by atoms with E-state index in [1.54, 1.807) is 0 Å². The molecule has 124 valence electrons. The van der Waals surface area contributed by atoms with Gasteiger partial charge in [-0.05, 0) is 72.6 Å². The predicted octanol–water partition coefficient (Wildman–Crippen LogP) is 1.69. The fraction of sp³-hybridized carbons (Fsp3) is 1.00. The van der Waals surface area contributed by atoms with E-state index in [-0.39, 0.29) is 12.1 Å². The van der Waals surface area contributed by atoms with E-state index in [1.165, 1.54) is 58.2 Å². The van der Waals surface area contributed by atoms with Gasteiger partial charge in [-0.3, -0.25) is 0 Å². The van der Waals surface area contributed by atoms with E-state index in [0.29, 0.717) is 6.04 Å². The SMILES string of the molecule is CN1CCCC(N(C)CCCCC(C)(CO)NC2CC2)C1. The monoisotopic (exact) mass is 297 g/mol. The summed E-state index contributed by atoms with van der Waals surface area (Å²) in [5.74, 6) is 0. The molecule has 1 heterocycles. The summed E-state index contributed by atoms with van der Waals surface area (Å²) in [4.78, 5) is 4.99. The zero-order valence-electron chi connectivity index (χ0n) is 14.3. The lowest BCUT2D eigenvalue weighted by Crippen LogP contribution is -2.47. The van der Waals surface area contributed by atoms with Crippen LogP contribution in [0.25, 0.3) is 0 Å². The smallest absolute Gasteiger partial charge is 0.0610 e. The topological polar surface area (TPSA) is 38.7 Å². The average molecular weight is 297 g/mol. The van der Waals surface area contributed by atoms with Crippen LogP contribution in [0.3, 0.4) is 0 Å². The van der Waals surface area contributed by atoms with Crippen molar-refractivity contribution in [1.82, 2.24) is 15.1 Å². The fourth-order valence-electron chi connectivity index (χ4n) is 3.48.